The van der Waals surface area contributed by atoms with Crippen LogP contribution in [0.2, 0.25) is 0 Å². The minimum atomic E-state index is -3.53. The molecule has 0 saturated carbocycles. The van der Waals surface area contributed by atoms with E-state index in [4.69, 9.17) is 9.47 Å². The molecule has 0 bridgehead atoms. The molecule has 0 aromatic heterocycles. The fourth-order valence-corrected chi connectivity index (χ4v) is 4.87. The summed E-state index contributed by atoms with van der Waals surface area (Å²) in [6, 6.07) is 6.49. The van der Waals surface area contributed by atoms with Gasteiger partial charge in [-0.05, 0) is 44.0 Å². The van der Waals surface area contributed by atoms with Crippen LogP contribution in [0.4, 0.5) is 0 Å². The minimum Gasteiger partial charge on any atom is -0.494 e. The van der Waals surface area contributed by atoms with Crippen LogP contribution in [-0.4, -0.2) is 82.1 Å². The summed E-state index contributed by atoms with van der Waals surface area (Å²) in [5, 5.41) is 2.91. The quantitative estimate of drug-likeness (QED) is 0.677. The molecule has 0 unspecified atom stereocenters. The summed E-state index contributed by atoms with van der Waals surface area (Å²) in [5.41, 5.74) is 0. The zero-order valence-corrected chi connectivity index (χ0v) is 17.1. The second-order valence-electron chi connectivity index (χ2n) is 7.02. The van der Waals surface area contributed by atoms with Crippen LogP contribution in [0.3, 0.4) is 0 Å². The third-order valence-electron chi connectivity index (χ3n) is 5.02. The monoisotopic (exact) mass is 411 g/mol. The van der Waals surface area contributed by atoms with Gasteiger partial charge in [-0.3, -0.25) is 9.69 Å². The van der Waals surface area contributed by atoms with Gasteiger partial charge >= 0.3 is 0 Å². The highest BCUT2D eigenvalue weighted by Gasteiger charge is 2.29. The molecule has 3 rings (SSSR count). The van der Waals surface area contributed by atoms with E-state index in [1.807, 2.05) is 11.8 Å². The van der Waals surface area contributed by atoms with Crippen molar-refractivity contribution in [1.82, 2.24) is 14.5 Å². The van der Waals surface area contributed by atoms with Gasteiger partial charge < -0.3 is 14.8 Å². The van der Waals surface area contributed by atoms with E-state index in [-0.39, 0.29) is 23.5 Å². The van der Waals surface area contributed by atoms with E-state index in [1.54, 1.807) is 24.3 Å². The van der Waals surface area contributed by atoms with Crippen molar-refractivity contribution in [2.45, 2.75) is 30.8 Å². The smallest absolute Gasteiger partial charge is 0.243 e. The molecule has 1 atom stereocenters. The molecule has 0 radical (unpaired) electrons. The molecule has 2 aliphatic heterocycles. The van der Waals surface area contributed by atoms with Crippen LogP contribution in [-0.2, 0) is 19.6 Å². The van der Waals surface area contributed by atoms with Gasteiger partial charge in [0.1, 0.15) is 5.75 Å². The third kappa shape index (κ3) is 5.44. The highest BCUT2D eigenvalue weighted by atomic mass is 32.2. The predicted octanol–water partition coefficient (Wildman–Crippen LogP) is 0.687. The molecule has 156 valence electrons. The molecular formula is C19H29N3O5S. The van der Waals surface area contributed by atoms with Crippen molar-refractivity contribution in [1.29, 1.82) is 0 Å². The number of piperazine rings is 1. The fraction of sp³-hybridized carbons (Fsp3) is 0.632. The van der Waals surface area contributed by atoms with Crippen LogP contribution in [0.15, 0.2) is 29.2 Å². The molecule has 1 aromatic carbocycles. The number of benzene rings is 1. The van der Waals surface area contributed by atoms with Crippen molar-refractivity contribution >= 4 is 15.9 Å². The number of carbonyl (C=O) groups excluding carboxylic acids is 1. The summed E-state index contributed by atoms with van der Waals surface area (Å²) >= 11 is 0. The first-order valence-electron chi connectivity index (χ1n) is 9.82. The summed E-state index contributed by atoms with van der Waals surface area (Å²) in [4.78, 5) is 14.3. The van der Waals surface area contributed by atoms with Crippen LogP contribution in [0.1, 0.15) is 19.8 Å². The number of rotatable bonds is 8. The molecule has 2 aliphatic rings. The van der Waals surface area contributed by atoms with Gasteiger partial charge in [0.05, 0.1) is 24.2 Å². The molecule has 2 heterocycles. The summed E-state index contributed by atoms with van der Waals surface area (Å²) < 4.78 is 38.0. The highest BCUT2D eigenvalue weighted by molar-refractivity contribution is 7.89. The summed E-state index contributed by atoms with van der Waals surface area (Å²) in [7, 11) is -3.53. The molecule has 1 N–H and O–H groups in total. The highest BCUT2D eigenvalue weighted by Crippen LogP contribution is 2.21. The van der Waals surface area contributed by atoms with Crippen LogP contribution < -0.4 is 10.1 Å². The second-order valence-corrected chi connectivity index (χ2v) is 8.96. The average Bonchev–Trinajstić information content (AvgIpc) is 3.21. The predicted molar refractivity (Wildman–Crippen MR) is 105 cm³/mol. The number of nitrogens with zero attached hydrogens (tertiary/aromatic N) is 2. The average molecular weight is 412 g/mol. The maximum absolute atomic E-state index is 12.8. The van der Waals surface area contributed by atoms with Crippen molar-refractivity contribution < 1.29 is 22.7 Å². The first-order chi connectivity index (χ1) is 13.5. The number of amides is 1. The lowest BCUT2D eigenvalue weighted by molar-refractivity contribution is -0.123. The lowest BCUT2D eigenvalue weighted by Crippen LogP contribution is -2.51. The van der Waals surface area contributed by atoms with Crippen molar-refractivity contribution in [3.05, 3.63) is 24.3 Å². The summed E-state index contributed by atoms with van der Waals surface area (Å²) in [6.45, 7) is 5.82. The van der Waals surface area contributed by atoms with Gasteiger partial charge in [0.25, 0.3) is 0 Å². The molecule has 8 nitrogen and oxygen atoms in total. The molecule has 0 spiro atoms. The number of nitrogens with one attached hydrogen (secondary N) is 1. The zero-order chi connectivity index (χ0) is 20.0. The maximum Gasteiger partial charge on any atom is 0.243 e. The van der Waals surface area contributed by atoms with E-state index >= 15 is 0 Å². The van der Waals surface area contributed by atoms with Crippen molar-refractivity contribution in [2.24, 2.45) is 0 Å². The van der Waals surface area contributed by atoms with E-state index in [0.29, 0.717) is 45.1 Å². The molecule has 0 aliphatic carbocycles. The van der Waals surface area contributed by atoms with Gasteiger partial charge in [-0.1, -0.05) is 0 Å². The lowest BCUT2D eigenvalue weighted by Gasteiger charge is -2.33. The number of ether oxygens (including phenoxy) is 2. The lowest BCUT2D eigenvalue weighted by atomic mass is 10.2. The van der Waals surface area contributed by atoms with Gasteiger partial charge in [-0.15, -0.1) is 0 Å². The van der Waals surface area contributed by atoms with Crippen molar-refractivity contribution in [3.63, 3.8) is 0 Å². The Morgan fingerprint density at radius 1 is 1.21 bits per heavy atom. The summed E-state index contributed by atoms with van der Waals surface area (Å²) in [6.07, 6.45) is 2.16. The van der Waals surface area contributed by atoms with Gasteiger partial charge in [0.15, 0.2) is 0 Å². The van der Waals surface area contributed by atoms with E-state index in [1.165, 1.54) is 4.31 Å². The standard InChI is InChI=1S/C19H29N3O5S/c1-2-26-16-5-7-18(8-6-16)28(24,25)22-11-9-21(10-12-22)15-19(23)20-14-17-4-3-13-27-17/h5-8,17H,2-4,9-15H2,1H3,(H,20,23)/t17-/m1/s1. The number of sulfonamides is 1. The molecule has 1 amide bonds. The van der Waals surface area contributed by atoms with E-state index in [2.05, 4.69) is 5.32 Å². The molecular weight excluding hydrogens is 382 g/mol. The van der Waals surface area contributed by atoms with Crippen molar-refractivity contribution in [3.8, 4) is 5.75 Å². The van der Waals surface area contributed by atoms with Crippen LogP contribution >= 0.6 is 0 Å². The van der Waals surface area contributed by atoms with Crippen LogP contribution in [0.5, 0.6) is 5.75 Å². The fourth-order valence-electron chi connectivity index (χ4n) is 3.44. The van der Waals surface area contributed by atoms with Crippen LogP contribution in [0.25, 0.3) is 0 Å². The Morgan fingerprint density at radius 2 is 1.93 bits per heavy atom. The second kappa shape index (κ2) is 9.69. The Hall–Kier alpha value is -1.68. The van der Waals surface area contributed by atoms with Crippen molar-refractivity contribution in [2.75, 3.05) is 52.5 Å². The molecule has 2 saturated heterocycles. The Labute approximate surface area is 166 Å². The number of carbonyl (C=O) groups is 1. The number of hydrogen-bond acceptors (Lipinski definition) is 6. The van der Waals surface area contributed by atoms with Gasteiger partial charge in [-0.25, -0.2) is 8.42 Å². The summed E-state index contributed by atoms with van der Waals surface area (Å²) in [5.74, 6) is 0.610. The normalized spacial score (nSPS) is 21.5. The third-order valence-corrected chi connectivity index (χ3v) is 6.93. The maximum atomic E-state index is 12.8. The molecule has 1 aromatic rings. The van der Waals surface area contributed by atoms with Crippen LogP contribution in [0, 0.1) is 0 Å². The zero-order valence-electron chi connectivity index (χ0n) is 16.3. The first kappa shape index (κ1) is 21.0. The van der Waals surface area contributed by atoms with Gasteiger partial charge in [-0.2, -0.15) is 4.31 Å². The largest absolute Gasteiger partial charge is 0.494 e. The first-order valence-corrected chi connectivity index (χ1v) is 11.3. The Balaban J connectivity index is 1.46. The SMILES string of the molecule is CCOc1ccc(S(=O)(=O)N2CCN(CC(=O)NC[C@H]3CCCO3)CC2)cc1. The molecule has 2 fully saturated rings. The minimum absolute atomic E-state index is 0.0432. The Morgan fingerprint density at radius 3 is 2.54 bits per heavy atom. The van der Waals surface area contributed by atoms with E-state index in [0.717, 1.165) is 19.4 Å². The topological polar surface area (TPSA) is 88.2 Å². The Kier molecular flexibility index (Phi) is 7.28. The van der Waals surface area contributed by atoms with E-state index < -0.39 is 10.0 Å². The van der Waals surface area contributed by atoms with Gasteiger partial charge in [0, 0.05) is 39.3 Å². The van der Waals surface area contributed by atoms with Gasteiger partial charge in [0.2, 0.25) is 15.9 Å². The molecule has 28 heavy (non-hydrogen) atoms. The van der Waals surface area contributed by atoms with E-state index in [9.17, 15) is 13.2 Å². The molecule has 9 heteroatoms. The Bertz CT molecular complexity index is 739. The number of hydrogen-bond donors (Lipinski definition) is 1.